The first-order valence-corrected chi connectivity index (χ1v) is 15.3. The predicted octanol–water partition coefficient (Wildman–Crippen LogP) is 5.73. The van der Waals surface area contributed by atoms with Gasteiger partial charge in [0.1, 0.15) is 12.3 Å². The van der Waals surface area contributed by atoms with Crippen molar-refractivity contribution in [3.63, 3.8) is 0 Å². The standard InChI is InChI=1S/C37H39N5O6/c1-24-18-25(2)20-30(19-24)39-36(46)27(4)48-33-17-10-9-16-32(33)42(23-35(45)41(5)31-14-7-6-8-15-31)34(44)22-38-37(47)40-29-13-11-12-28(21-29)26(3)43/h6-21,27H,22-23H2,1-5H3,(H,39,46)(H2,38,40,47). The summed E-state index contributed by atoms with van der Waals surface area (Å²) < 4.78 is 6.07. The maximum Gasteiger partial charge on any atom is 0.319 e. The van der Waals surface area contributed by atoms with Crippen LogP contribution in [0.15, 0.2) is 97.1 Å². The molecule has 0 aromatic heterocycles. The van der Waals surface area contributed by atoms with E-state index >= 15 is 0 Å². The van der Waals surface area contributed by atoms with Gasteiger partial charge in [0, 0.05) is 29.7 Å². The zero-order valence-corrected chi connectivity index (χ0v) is 27.6. The second-order valence-electron chi connectivity index (χ2n) is 11.3. The minimum Gasteiger partial charge on any atom is -0.479 e. The third-order valence-corrected chi connectivity index (χ3v) is 7.36. The number of carbonyl (C=O) groups is 5. The summed E-state index contributed by atoms with van der Waals surface area (Å²) >= 11 is 0. The Balaban J connectivity index is 1.54. The van der Waals surface area contributed by atoms with E-state index in [0.29, 0.717) is 22.6 Å². The Morgan fingerprint density at radius 1 is 0.750 bits per heavy atom. The molecule has 1 unspecified atom stereocenters. The average molecular weight is 650 g/mol. The van der Waals surface area contributed by atoms with Gasteiger partial charge in [-0.3, -0.25) is 24.1 Å². The molecule has 0 aliphatic heterocycles. The first-order valence-electron chi connectivity index (χ1n) is 15.3. The van der Waals surface area contributed by atoms with Gasteiger partial charge in [-0.05, 0) is 87.4 Å². The van der Waals surface area contributed by atoms with Crippen molar-refractivity contribution in [1.29, 1.82) is 0 Å². The lowest BCUT2D eigenvalue weighted by atomic mass is 10.1. The summed E-state index contributed by atoms with van der Waals surface area (Å²) in [6.45, 7) is 6.01. The van der Waals surface area contributed by atoms with Crippen molar-refractivity contribution >= 4 is 52.3 Å². The van der Waals surface area contributed by atoms with Crippen LogP contribution in [-0.4, -0.2) is 55.8 Å². The normalized spacial score (nSPS) is 11.1. The molecule has 3 N–H and O–H groups in total. The quantitative estimate of drug-likeness (QED) is 0.168. The number of amides is 5. The van der Waals surface area contributed by atoms with Crippen LogP contribution in [0.25, 0.3) is 0 Å². The molecule has 0 bridgehead atoms. The van der Waals surface area contributed by atoms with E-state index in [1.54, 1.807) is 80.7 Å². The van der Waals surface area contributed by atoms with E-state index in [-0.39, 0.29) is 17.2 Å². The largest absolute Gasteiger partial charge is 0.479 e. The molecule has 1 atom stereocenters. The van der Waals surface area contributed by atoms with E-state index in [1.807, 2.05) is 38.1 Å². The molecule has 0 spiro atoms. The number of ketones is 1. The lowest BCUT2D eigenvalue weighted by molar-refractivity contribution is -0.122. The molecular weight excluding hydrogens is 610 g/mol. The number of nitrogens with zero attached hydrogens (tertiary/aromatic N) is 2. The number of nitrogens with one attached hydrogen (secondary N) is 3. The van der Waals surface area contributed by atoms with Crippen LogP contribution in [0.5, 0.6) is 5.75 Å². The summed E-state index contributed by atoms with van der Waals surface area (Å²) in [5.74, 6) is -1.39. The summed E-state index contributed by atoms with van der Waals surface area (Å²) in [7, 11) is 1.60. The topological polar surface area (TPSA) is 137 Å². The molecule has 0 fully saturated rings. The van der Waals surface area contributed by atoms with Gasteiger partial charge >= 0.3 is 6.03 Å². The SMILES string of the molecule is CC(=O)c1cccc(NC(=O)NCC(=O)N(CC(=O)N(C)c2ccccc2)c2ccccc2OC(C)C(=O)Nc2cc(C)cc(C)c2)c1. The number of benzene rings is 4. The highest BCUT2D eigenvalue weighted by Crippen LogP contribution is 2.30. The first-order chi connectivity index (χ1) is 22.9. The molecule has 4 aromatic carbocycles. The summed E-state index contributed by atoms with van der Waals surface area (Å²) in [6.07, 6.45) is -0.971. The molecule has 11 nitrogen and oxygen atoms in total. The molecule has 48 heavy (non-hydrogen) atoms. The maximum absolute atomic E-state index is 13.7. The Morgan fingerprint density at radius 3 is 2.10 bits per heavy atom. The van der Waals surface area contributed by atoms with Gasteiger partial charge in [-0.25, -0.2) is 4.79 Å². The van der Waals surface area contributed by atoms with Crippen molar-refractivity contribution < 1.29 is 28.7 Å². The minimum atomic E-state index is -0.971. The fraction of sp³-hybridized carbons (Fsp3) is 0.216. The number of carbonyl (C=O) groups excluding carboxylic acids is 5. The van der Waals surface area contributed by atoms with Gasteiger partial charge < -0.3 is 25.6 Å². The molecular formula is C37H39N5O6. The zero-order chi connectivity index (χ0) is 34.8. The number of aryl methyl sites for hydroxylation is 2. The van der Waals surface area contributed by atoms with Crippen molar-refractivity contribution in [1.82, 2.24) is 5.32 Å². The van der Waals surface area contributed by atoms with Crippen LogP contribution >= 0.6 is 0 Å². The first kappa shape index (κ1) is 34.9. The highest BCUT2D eigenvalue weighted by Gasteiger charge is 2.26. The summed E-state index contributed by atoms with van der Waals surface area (Å²) in [5, 5.41) is 8.00. The third-order valence-electron chi connectivity index (χ3n) is 7.36. The molecule has 0 aliphatic carbocycles. The van der Waals surface area contributed by atoms with Crippen molar-refractivity contribution in [2.24, 2.45) is 0 Å². The molecule has 0 radical (unpaired) electrons. The van der Waals surface area contributed by atoms with E-state index in [4.69, 9.17) is 4.74 Å². The van der Waals surface area contributed by atoms with Crippen molar-refractivity contribution in [2.75, 3.05) is 40.6 Å². The fourth-order valence-electron chi connectivity index (χ4n) is 4.90. The second-order valence-corrected chi connectivity index (χ2v) is 11.3. The lowest BCUT2D eigenvalue weighted by Crippen LogP contribution is -2.46. The predicted molar refractivity (Wildman–Crippen MR) is 187 cm³/mol. The van der Waals surface area contributed by atoms with Gasteiger partial charge in [-0.1, -0.05) is 48.5 Å². The van der Waals surface area contributed by atoms with Crippen molar-refractivity contribution in [3.8, 4) is 5.75 Å². The second kappa shape index (κ2) is 16.0. The van der Waals surface area contributed by atoms with Crippen molar-refractivity contribution in [2.45, 2.75) is 33.8 Å². The Labute approximate surface area is 279 Å². The molecule has 248 valence electrons. The molecule has 0 heterocycles. The van der Waals surface area contributed by atoms with Crippen LogP contribution in [0.1, 0.15) is 35.3 Å². The maximum atomic E-state index is 13.7. The van der Waals surface area contributed by atoms with E-state index < -0.39 is 42.9 Å². The van der Waals surface area contributed by atoms with Gasteiger partial charge in [-0.15, -0.1) is 0 Å². The molecule has 0 aliphatic rings. The molecule has 0 saturated carbocycles. The van der Waals surface area contributed by atoms with Crippen LogP contribution in [0.3, 0.4) is 0 Å². The van der Waals surface area contributed by atoms with E-state index in [0.717, 1.165) is 11.1 Å². The number of rotatable bonds is 12. The van der Waals surface area contributed by atoms with Crippen molar-refractivity contribution in [3.05, 3.63) is 114 Å². The van der Waals surface area contributed by atoms with Crippen LogP contribution in [0.4, 0.5) is 27.5 Å². The number of likely N-dealkylation sites (N-methyl/N-ethyl adjacent to an activating group) is 1. The van der Waals surface area contributed by atoms with Gasteiger partial charge in [0.2, 0.25) is 11.8 Å². The van der Waals surface area contributed by atoms with Crippen LogP contribution in [0, 0.1) is 13.8 Å². The molecule has 5 amide bonds. The smallest absolute Gasteiger partial charge is 0.319 e. The minimum absolute atomic E-state index is 0.159. The van der Waals surface area contributed by atoms with Crippen LogP contribution < -0.4 is 30.5 Å². The Kier molecular flexibility index (Phi) is 11.7. The van der Waals surface area contributed by atoms with Gasteiger partial charge in [0.25, 0.3) is 5.91 Å². The van der Waals surface area contributed by atoms with Gasteiger partial charge in [-0.2, -0.15) is 0 Å². The Morgan fingerprint density at radius 2 is 1.42 bits per heavy atom. The monoisotopic (exact) mass is 649 g/mol. The number of hydrogen-bond donors (Lipinski definition) is 3. The Bertz CT molecular complexity index is 1790. The highest BCUT2D eigenvalue weighted by atomic mass is 16.5. The number of Topliss-reactive ketones (excluding diaryl/α,β-unsaturated/α-hetero) is 1. The van der Waals surface area contributed by atoms with Gasteiger partial charge in [0.05, 0.1) is 12.2 Å². The van der Waals surface area contributed by atoms with Crippen LogP contribution in [-0.2, 0) is 14.4 Å². The van der Waals surface area contributed by atoms with E-state index in [9.17, 15) is 24.0 Å². The van der Waals surface area contributed by atoms with E-state index in [2.05, 4.69) is 16.0 Å². The molecule has 11 heteroatoms. The average Bonchev–Trinajstić information content (AvgIpc) is 3.06. The number of hydrogen-bond acceptors (Lipinski definition) is 6. The number of para-hydroxylation sites is 3. The molecule has 4 aromatic rings. The molecule has 4 rings (SSSR count). The van der Waals surface area contributed by atoms with E-state index in [1.165, 1.54) is 22.8 Å². The fourth-order valence-corrected chi connectivity index (χ4v) is 4.90. The zero-order valence-electron chi connectivity index (χ0n) is 27.6. The van der Waals surface area contributed by atoms with Crippen LogP contribution in [0.2, 0.25) is 0 Å². The highest BCUT2D eigenvalue weighted by molar-refractivity contribution is 6.06. The lowest BCUT2D eigenvalue weighted by Gasteiger charge is -2.28. The number of anilines is 4. The Hall–Kier alpha value is -5.97. The molecule has 0 saturated heterocycles. The van der Waals surface area contributed by atoms with Gasteiger partial charge in [0.15, 0.2) is 11.9 Å². The number of ether oxygens (including phenoxy) is 1. The summed E-state index contributed by atoms with van der Waals surface area (Å²) in [6, 6.07) is 26.9. The number of urea groups is 1. The third kappa shape index (κ3) is 9.52. The summed E-state index contributed by atoms with van der Waals surface area (Å²) in [5.41, 5.74) is 4.28. The summed E-state index contributed by atoms with van der Waals surface area (Å²) in [4.78, 5) is 67.5.